The maximum Gasteiger partial charge on any atom is 0.259 e. The SMILES string of the molecule is COC1(c2nc(C3CCOCC3)no2)CCN(C(=O)c2cccc3cc[nH]c23)CC1. The summed E-state index contributed by atoms with van der Waals surface area (Å²) in [5.41, 5.74) is 0.928. The van der Waals surface area contributed by atoms with E-state index in [1.165, 1.54) is 0 Å². The summed E-state index contributed by atoms with van der Waals surface area (Å²) in [5.74, 6) is 1.56. The minimum atomic E-state index is -0.647. The van der Waals surface area contributed by atoms with Gasteiger partial charge in [-0.3, -0.25) is 4.79 Å². The number of hydrogen-bond donors (Lipinski definition) is 1. The number of aromatic amines is 1. The first-order valence-corrected chi connectivity index (χ1v) is 10.5. The van der Waals surface area contributed by atoms with Gasteiger partial charge in [-0.1, -0.05) is 17.3 Å². The first-order valence-electron chi connectivity index (χ1n) is 10.5. The van der Waals surface area contributed by atoms with Crippen molar-refractivity contribution >= 4 is 16.8 Å². The van der Waals surface area contributed by atoms with Crippen LogP contribution in [0.4, 0.5) is 0 Å². The Morgan fingerprint density at radius 3 is 2.80 bits per heavy atom. The van der Waals surface area contributed by atoms with Gasteiger partial charge in [-0.25, -0.2) is 0 Å². The number of nitrogens with zero attached hydrogens (tertiary/aromatic N) is 3. The van der Waals surface area contributed by atoms with Gasteiger partial charge in [0.2, 0.25) is 0 Å². The van der Waals surface area contributed by atoms with Crippen molar-refractivity contribution in [3.63, 3.8) is 0 Å². The van der Waals surface area contributed by atoms with Crippen molar-refractivity contribution in [2.24, 2.45) is 0 Å². The van der Waals surface area contributed by atoms with Crippen molar-refractivity contribution in [2.75, 3.05) is 33.4 Å². The van der Waals surface area contributed by atoms with Crippen LogP contribution in [-0.2, 0) is 15.1 Å². The van der Waals surface area contributed by atoms with Gasteiger partial charge in [0.1, 0.15) is 5.60 Å². The Balaban J connectivity index is 1.31. The Labute approximate surface area is 174 Å². The van der Waals surface area contributed by atoms with Crippen LogP contribution in [0, 0.1) is 0 Å². The highest BCUT2D eigenvalue weighted by atomic mass is 16.5. The van der Waals surface area contributed by atoms with Crippen molar-refractivity contribution < 1.29 is 18.8 Å². The number of ether oxygens (including phenoxy) is 2. The fourth-order valence-corrected chi connectivity index (χ4v) is 4.55. The van der Waals surface area contributed by atoms with Gasteiger partial charge in [0.25, 0.3) is 11.8 Å². The van der Waals surface area contributed by atoms with Gasteiger partial charge in [0, 0.05) is 63.8 Å². The van der Waals surface area contributed by atoms with Crippen LogP contribution in [0.5, 0.6) is 0 Å². The number of carbonyl (C=O) groups is 1. The summed E-state index contributed by atoms with van der Waals surface area (Å²) in [4.78, 5) is 22.9. The lowest BCUT2D eigenvalue weighted by atomic mass is 9.90. The van der Waals surface area contributed by atoms with Crippen molar-refractivity contribution in [1.29, 1.82) is 0 Å². The van der Waals surface area contributed by atoms with Gasteiger partial charge in [0.05, 0.1) is 11.1 Å². The number of piperidine rings is 1. The molecule has 5 rings (SSSR count). The quantitative estimate of drug-likeness (QED) is 0.710. The van der Waals surface area contributed by atoms with Crippen LogP contribution in [0.2, 0.25) is 0 Å². The average molecular weight is 410 g/mol. The van der Waals surface area contributed by atoms with Crippen LogP contribution in [0.3, 0.4) is 0 Å². The fraction of sp³-hybridized carbons (Fsp3) is 0.500. The highest BCUT2D eigenvalue weighted by Gasteiger charge is 2.43. The van der Waals surface area contributed by atoms with E-state index in [0.717, 1.165) is 42.8 Å². The molecule has 1 amide bonds. The Morgan fingerprint density at radius 2 is 2.03 bits per heavy atom. The van der Waals surface area contributed by atoms with Crippen molar-refractivity contribution in [3.8, 4) is 0 Å². The monoisotopic (exact) mass is 410 g/mol. The molecule has 8 heteroatoms. The van der Waals surface area contributed by atoms with Crippen LogP contribution in [0.1, 0.15) is 53.7 Å². The molecule has 158 valence electrons. The molecule has 0 radical (unpaired) electrons. The third-order valence-corrected chi connectivity index (χ3v) is 6.48. The van der Waals surface area contributed by atoms with Gasteiger partial charge >= 0.3 is 0 Å². The lowest BCUT2D eigenvalue weighted by Crippen LogP contribution is -2.46. The van der Waals surface area contributed by atoms with Crippen LogP contribution in [0.15, 0.2) is 35.0 Å². The molecule has 2 aliphatic rings. The largest absolute Gasteiger partial charge is 0.381 e. The molecule has 8 nitrogen and oxygen atoms in total. The minimum Gasteiger partial charge on any atom is -0.381 e. The molecular weight excluding hydrogens is 384 g/mol. The summed E-state index contributed by atoms with van der Waals surface area (Å²) in [7, 11) is 1.68. The maximum atomic E-state index is 13.2. The first kappa shape index (κ1) is 19.3. The molecule has 4 heterocycles. The molecular formula is C22H26N4O4. The molecule has 0 saturated carbocycles. The van der Waals surface area contributed by atoms with Crippen LogP contribution >= 0.6 is 0 Å². The molecule has 2 saturated heterocycles. The average Bonchev–Trinajstić information content (AvgIpc) is 3.49. The van der Waals surface area contributed by atoms with Gasteiger partial charge in [-0.15, -0.1) is 0 Å². The van der Waals surface area contributed by atoms with E-state index >= 15 is 0 Å². The predicted molar refractivity (Wildman–Crippen MR) is 109 cm³/mol. The molecule has 0 bridgehead atoms. The Kier molecular flexibility index (Phi) is 5.04. The topological polar surface area (TPSA) is 93.5 Å². The lowest BCUT2D eigenvalue weighted by Gasteiger charge is -2.38. The second kappa shape index (κ2) is 7.85. The summed E-state index contributed by atoms with van der Waals surface area (Å²) in [6, 6.07) is 7.77. The highest BCUT2D eigenvalue weighted by Crippen LogP contribution is 2.37. The second-order valence-electron chi connectivity index (χ2n) is 8.08. The number of benzene rings is 1. The Bertz CT molecular complexity index is 1030. The van der Waals surface area contributed by atoms with Crippen LogP contribution in [0.25, 0.3) is 10.9 Å². The molecule has 2 aromatic heterocycles. The smallest absolute Gasteiger partial charge is 0.259 e. The Hall–Kier alpha value is -2.71. The summed E-state index contributed by atoms with van der Waals surface area (Å²) >= 11 is 0. The molecule has 0 spiro atoms. The number of H-pyrrole nitrogens is 1. The van der Waals surface area contributed by atoms with Gasteiger partial charge < -0.3 is 23.9 Å². The van der Waals surface area contributed by atoms with Crippen LogP contribution < -0.4 is 0 Å². The Morgan fingerprint density at radius 1 is 1.23 bits per heavy atom. The maximum absolute atomic E-state index is 13.2. The fourth-order valence-electron chi connectivity index (χ4n) is 4.55. The number of amides is 1. The van der Waals surface area contributed by atoms with Crippen molar-refractivity contribution in [1.82, 2.24) is 20.0 Å². The van der Waals surface area contributed by atoms with Crippen molar-refractivity contribution in [2.45, 2.75) is 37.2 Å². The van der Waals surface area contributed by atoms with E-state index in [1.54, 1.807) is 7.11 Å². The van der Waals surface area contributed by atoms with E-state index in [9.17, 15) is 4.79 Å². The standard InChI is InChI=1S/C22H26N4O4/c1-28-22(21-24-19(25-30-21)16-6-13-29-14-7-16)8-11-26(12-9-22)20(27)17-4-2-3-15-5-10-23-18(15)17/h2-5,10,16,23H,6-9,11-14H2,1H3. The highest BCUT2D eigenvalue weighted by molar-refractivity contribution is 6.05. The van der Waals surface area contributed by atoms with Gasteiger partial charge in [-0.05, 0) is 25.0 Å². The summed E-state index contributed by atoms with van der Waals surface area (Å²) < 4.78 is 17.0. The summed E-state index contributed by atoms with van der Waals surface area (Å²) in [6.07, 6.45) is 4.91. The third-order valence-electron chi connectivity index (χ3n) is 6.48. The predicted octanol–water partition coefficient (Wildman–Crippen LogP) is 3.22. The second-order valence-corrected chi connectivity index (χ2v) is 8.08. The number of fused-ring (bicyclic) bond motifs is 1. The zero-order valence-corrected chi connectivity index (χ0v) is 17.1. The molecule has 2 fully saturated rings. The zero-order chi connectivity index (χ0) is 20.6. The summed E-state index contributed by atoms with van der Waals surface area (Å²) in [5, 5.41) is 5.27. The summed E-state index contributed by atoms with van der Waals surface area (Å²) in [6.45, 7) is 2.60. The third kappa shape index (κ3) is 3.30. The number of methoxy groups -OCH3 is 1. The zero-order valence-electron chi connectivity index (χ0n) is 17.1. The number of aromatic nitrogens is 3. The molecule has 0 aliphatic carbocycles. The van der Waals surface area contributed by atoms with E-state index in [1.807, 2.05) is 35.4 Å². The molecule has 0 atom stereocenters. The van der Waals surface area contributed by atoms with E-state index in [4.69, 9.17) is 19.0 Å². The van der Waals surface area contributed by atoms with Gasteiger partial charge in [0.15, 0.2) is 5.82 Å². The van der Waals surface area contributed by atoms with Gasteiger partial charge in [-0.2, -0.15) is 4.98 Å². The normalized spacial score (nSPS) is 20.0. The van der Waals surface area contributed by atoms with E-state index in [-0.39, 0.29) is 11.8 Å². The number of carbonyl (C=O) groups excluding carboxylic acids is 1. The van der Waals surface area contributed by atoms with E-state index in [0.29, 0.717) is 37.4 Å². The molecule has 1 aromatic carbocycles. The van der Waals surface area contributed by atoms with E-state index < -0.39 is 5.60 Å². The molecule has 1 N–H and O–H groups in total. The number of para-hydroxylation sites is 1. The molecule has 0 unspecified atom stereocenters. The molecule has 30 heavy (non-hydrogen) atoms. The lowest BCUT2D eigenvalue weighted by molar-refractivity contribution is -0.0779. The van der Waals surface area contributed by atoms with E-state index in [2.05, 4.69) is 10.1 Å². The van der Waals surface area contributed by atoms with Crippen molar-refractivity contribution in [3.05, 3.63) is 47.7 Å². The molecule has 3 aromatic rings. The number of rotatable bonds is 4. The molecule has 2 aliphatic heterocycles. The minimum absolute atomic E-state index is 0.0289. The number of hydrogen-bond acceptors (Lipinski definition) is 6. The van der Waals surface area contributed by atoms with Crippen LogP contribution in [-0.4, -0.2) is 59.3 Å². The number of likely N-dealkylation sites (tertiary alicyclic amines) is 1. The number of nitrogens with one attached hydrogen (secondary N) is 1. The first-order chi connectivity index (χ1) is 14.7.